The van der Waals surface area contributed by atoms with E-state index in [0.717, 1.165) is 19.4 Å². The molecule has 2 atom stereocenters. The summed E-state index contributed by atoms with van der Waals surface area (Å²) in [6, 6.07) is 5.67. The lowest BCUT2D eigenvalue weighted by Crippen LogP contribution is -2.49. The van der Waals surface area contributed by atoms with E-state index in [1.807, 2.05) is 0 Å². The third kappa shape index (κ3) is 2.82. The second-order valence-electron chi connectivity index (χ2n) is 7.31. The molecule has 1 aromatic heterocycles. The number of carbonyl (C=O) groups excluding carboxylic acids is 1. The molecule has 4 rings (SSSR count). The van der Waals surface area contributed by atoms with Gasteiger partial charge in [0, 0.05) is 25.2 Å². The molecule has 1 N–H and O–H groups in total. The molecule has 1 aliphatic heterocycles. The van der Waals surface area contributed by atoms with E-state index in [4.69, 9.17) is 12.2 Å². The fourth-order valence-corrected chi connectivity index (χ4v) is 4.67. The first kappa shape index (κ1) is 16.5. The number of fused-ring (bicyclic) bond motifs is 2. The Hall–Kier alpha value is -1.95. The number of rotatable bonds is 1. The van der Waals surface area contributed by atoms with Crippen LogP contribution in [0.2, 0.25) is 0 Å². The predicted octanol–water partition coefficient (Wildman–Crippen LogP) is 3.39. The van der Waals surface area contributed by atoms with Gasteiger partial charge in [-0.2, -0.15) is 0 Å². The summed E-state index contributed by atoms with van der Waals surface area (Å²) in [5.41, 5.74) is 1.14. The number of hydrogen-bond donors (Lipinski definition) is 1. The Kier molecular flexibility index (Phi) is 4.23. The van der Waals surface area contributed by atoms with Gasteiger partial charge in [0.15, 0.2) is 4.77 Å². The number of carbonyl (C=O) groups is 1. The van der Waals surface area contributed by atoms with Crippen molar-refractivity contribution in [2.45, 2.75) is 44.6 Å². The molecule has 0 radical (unpaired) electrons. The Balaban J connectivity index is 1.71. The number of likely N-dealkylation sites (tertiary alicyclic amines) is 1. The van der Waals surface area contributed by atoms with Crippen molar-refractivity contribution in [2.75, 3.05) is 6.54 Å². The number of amides is 1. The van der Waals surface area contributed by atoms with E-state index in [-0.39, 0.29) is 11.5 Å². The normalized spacial score (nSPS) is 23.5. The molecule has 132 valence electrons. The molecule has 1 amide bonds. The molecule has 2 fully saturated rings. The summed E-state index contributed by atoms with van der Waals surface area (Å²) in [5.74, 6) is 0.739. The summed E-state index contributed by atoms with van der Waals surface area (Å²) in [5, 5.41) is 0.557. The SMILES string of the molecule is Cn1c(=S)[nH]c2cc(C(=O)N3CCCC4CCCCC43)ccc2c1=O. The number of nitrogens with zero attached hydrogens (tertiary/aromatic N) is 2. The first-order chi connectivity index (χ1) is 12.1. The zero-order chi connectivity index (χ0) is 17.6. The van der Waals surface area contributed by atoms with E-state index in [2.05, 4.69) is 9.88 Å². The van der Waals surface area contributed by atoms with Crippen molar-refractivity contribution in [3.05, 3.63) is 38.9 Å². The Morgan fingerprint density at radius 2 is 1.96 bits per heavy atom. The molecule has 2 aromatic rings. The first-order valence-electron chi connectivity index (χ1n) is 9.10. The highest BCUT2D eigenvalue weighted by atomic mass is 32.1. The minimum absolute atomic E-state index is 0.0819. The van der Waals surface area contributed by atoms with Crippen molar-refractivity contribution in [3.63, 3.8) is 0 Å². The maximum absolute atomic E-state index is 13.1. The Bertz CT molecular complexity index is 944. The Morgan fingerprint density at radius 3 is 2.80 bits per heavy atom. The third-order valence-corrected chi connectivity index (χ3v) is 6.23. The first-order valence-corrected chi connectivity index (χ1v) is 9.51. The average Bonchev–Trinajstić information content (AvgIpc) is 2.65. The highest BCUT2D eigenvalue weighted by Gasteiger charge is 2.36. The molecule has 1 aliphatic carbocycles. The van der Waals surface area contributed by atoms with Crippen LogP contribution in [-0.4, -0.2) is 32.9 Å². The lowest BCUT2D eigenvalue weighted by Gasteiger charge is -2.44. The molecule has 6 heteroatoms. The van der Waals surface area contributed by atoms with Crippen molar-refractivity contribution in [2.24, 2.45) is 13.0 Å². The van der Waals surface area contributed by atoms with Gasteiger partial charge >= 0.3 is 0 Å². The smallest absolute Gasteiger partial charge is 0.261 e. The van der Waals surface area contributed by atoms with Crippen LogP contribution < -0.4 is 5.56 Å². The van der Waals surface area contributed by atoms with Crippen molar-refractivity contribution in [1.29, 1.82) is 0 Å². The van der Waals surface area contributed by atoms with Crippen LogP contribution in [0.1, 0.15) is 48.9 Å². The Labute approximate surface area is 151 Å². The van der Waals surface area contributed by atoms with Crippen LogP contribution >= 0.6 is 12.2 Å². The zero-order valence-corrected chi connectivity index (χ0v) is 15.3. The van der Waals surface area contributed by atoms with E-state index in [0.29, 0.717) is 33.2 Å². The van der Waals surface area contributed by atoms with Gasteiger partial charge < -0.3 is 9.88 Å². The van der Waals surface area contributed by atoms with Crippen LogP contribution in [0.4, 0.5) is 0 Å². The lowest BCUT2D eigenvalue weighted by molar-refractivity contribution is 0.0391. The summed E-state index contributed by atoms with van der Waals surface area (Å²) in [4.78, 5) is 30.6. The molecule has 1 saturated carbocycles. The number of nitrogens with one attached hydrogen (secondary N) is 1. The number of aromatic nitrogens is 2. The van der Waals surface area contributed by atoms with Gasteiger partial charge in [-0.25, -0.2) is 0 Å². The van der Waals surface area contributed by atoms with Crippen molar-refractivity contribution < 1.29 is 4.79 Å². The molecule has 2 unspecified atom stereocenters. The molecule has 0 bridgehead atoms. The van der Waals surface area contributed by atoms with Gasteiger partial charge in [-0.15, -0.1) is 0 Å². The molecule has 25 heavy (non-hydrogen) atoms. The van der Waals surface area contributed by atoms with Gasteiger partial charge in [-0.05, 0) is 62.0 Å². The van der Waals surface area contributed by atoms with Gasteiger partial charge in [0.05, 0.1) is 10.9 Å². The fraction of sp³-hybridized carbons (Fsp3) is 0.526. The predicted molar refractivity (Wildman–Crippen MR) is 100 cm³/mol. The third-order valence-electron chi connectivity index (χ3n) is 5.85. The van der Waals surface area contributed by atoms with Gasteiger partial charge in [-0.1, -0.05) is 12.8 Å². The minimum atomic E-state index is -0.136. The summed E-state index contributed by atoms with van der Waals surface area (Å²) < 4.78 is 1.78. The number of H-pyrrole nitrogens is 1. The van der Waals surface area contributed by atoms with Gasteiger partial charge in [0.25, 0.3) is 11.5 Å². The summed E-state index contributed by atoms with van der Waals surface area (Å²) in [6.45, 7) is 0.838. The second kappa shape index (κ2) is 6.41. The molecule has 2 heterocycles. The van der Waals surface area contributed by atoms with Crippen molar-refractivity contribution in [3.8, 4) is 0 Å². The summed E-state index contributed by atoms with van der Waals surface area (Å²) in [7, 11) is 1.65. The number of benzene rings is 1. The average molecular weight is 357 g/mol. The van der Waals surface area contributed by atoms with Crippen LogP contribution in [0.3, 0.4) is 0 Å². The zero-order valence-electron chi connectivity index (χ0n) is 14.5. The summed E-state index contributed by atoms with van der Waals surface area (Å²) in [6.07, 6.45) is 7.20. The molecule has 5 nitrogen and oxygen atoms in total. The van der Waals surface area contributed by atoms with Crippen LogP contribution in [0.25, 0.3) is 10.9 Å². The topological polar surface area (TPSA) is 58.1 Å². The van der Waals surface area contributed by atoms with E-state index in [9.17, 15) is 9.59 Å². The molecular weight excluding hydrogens is 334 g/mol. The molecular formula is C19H23N3O2S. The fourth-order valence-electron chi connectivity index (χ4n) is 4.48. The van der Waals surface area contributed by atoms with E-state index < -0.39 is 0 Å². The van der Waals surface area contributed by atoms with Crippen molar-refractivity contribution >= 4 is 29.0 Å². The molecule has 2 aliphatic rings. The highest BCUT2D eigenvalue weighted by molar-refractivity contribution is 7.71. The standard InChI is InChI=1S/C19H23N3O2S/c1-21-18(24)14-9-8-13(11-15(14)20-19(21)25)17(23)22-10-4-6-12-5-2-3-7-16(12)22/h8-9,11-12,16H,2-7,10H2,1H3,(H,20,25). The molecule has 0 spiro atoms. The number of hydrogen-bond acceptors (Lipinski definition) is 3. The molecule has 1 saturated heterocycles. The maximum atomic E-state index is 13.1. The van der Waals surface area contributed by atoms with Crippen LogP contribution in [-0.2, 0) is 7.05 Å². The van der Waals surface area contributed by atoms with Gasteiger partial charge in [-0.3, -0.25) is 14.2 Å². The number of piperidine rings is 1. The minimum Gasteiger partial charge on any atom is -0.335 e. The maximum Gasteiger partial charge on any atom is 0.261 e. The van der Waals surface area contributed by atoms with E-state index >= 15 is 0 Å². The largest absolute Gasteiger partial charge is 0.335 e. The van der Waals surface area contributed by atoms with E-state index in [1.54, 1.807) is 25.2 Å². The quantitative estimate of drug-likeness (QED) is 0.796. The van der Waals surface area contributed by atoms with E-state index in [1.165, 1.54) is 30.3 Å². The Morgan fingerprint density at radius 1 is 1.20 bits per heavy atom. The van der Waals surface area contributed by atoms with Crippen molar-refractivity contribution in [1.82, 2.24) is 14.5 Å². The highest BCUT2D eigenvalue weighted by Crippen LogP contribution is 2.36. The van der Waals surface area contributed by atoms with Crippen LogP contribution in [0.15, 0.2) is 23.0 Å². The summed E-state index contributed by atoms with van der Waals surface area (Å²) >= 11 is 5.19. The monoisotopic (exact) mass is 357 g/mol. The van der Waals surface area contributed by atoms with Gasteiger partial charge in [0.1, 0.15) is 0 Å². The second-order valence-corrected chi connectivity index (χ2v) is 7.69. The van der Waals surface area contributed by atoms with Gasteiger partial charge in [0.2, 0.25) is 0 Å². The van der Waals surface area contributed by atoms with Crippen LogP contribution in [0, 0.1) is 10.7 Å². The number of aromatic amines is 1. The molecule has 1 aromatic carbocycles. The lowest BCUT2D eigenvalue weighted by atomic mass is 9.78. The van der Waals surface area contributed by atoms with Crippen LogP contribution in [0.5, 0.6) is 0 Å².